The summed E-state index contributed by atoms with van der Waals surface area (Å²) in [6.45, 7) is 4.42. The summed E-state index contributed by atoms with van der Waals surface area (Å²) in [6, 6.07) is 1.43. The van der Waals surface area contributed by atoms with Crippen LogP contribution < -0.4 is 16.6 Å². The van der Waals surface area contributed by atoms with Crippen molar-refractivity contribution in [3.63, 3.8) is 0 Å². The standard InChI is InChI=1S/C12H21N3O3/c1-5-12(2,18)8-13-7-9-6-10(16)15(4)11(17)14(9)3/h6,13,18H,5,7-8H2,1-4H3. The van der Waals surface area contributed by atoms with Crippen LogP contribution in [0.25, 0.3) is 0 Å². The van der Waals surface area contributed by atoms with E-state index in [4.69, 9.17) is 0 Å². The highest BCUT2D eigenvalue weighted by Gasteiger charge is 2.16. The van der Waals surface area contributed by atoms with Crippen LogP contribution in [-0.4, -0.2) is 26.4 Å². The second-order valence-electron chi connectivity index (χ2n) is 4.83. The Morgan fingerprint density at radius 3 is 2.50 bits per heavy atom. The third-order valence-electron chi connectivity index (χ3n) is 3.20. The Morgan fingerprint density at radius 2 is 1.94 bits per heavy atom. The van der Waals surface area contributed by atoms with Crippen LogP contribution in [0.15, 0.2) is 15.7 Å². The molecule has 6 nitrogen and oxygen atoms in total. The van der Waals surface area contributed by atoms with Gasteiger partial charge in [0, 0.05) is 38.9 Å². The maximum Gasteiger partial charge on any atom is 0.330 e. The molecule has 0 aliphatic rings. The molecule has 18 heavy (non-hydrogen) atoms. The van der Waals surface area contributed by atoms with Gasteiger partial charge in [0.2, 0.25) is 0 Å². The van der Waals surface area contributed by atoms with Gasteiger partial charge in [-0.15, -0.1) is 0 Å². The molecule has 0 saturated carbocycles. The molecule has 0 aromatic carbocycles. The van der Waals surface area contributed by atoms with E-state index >= 15 is 0 Å². The number of nitrogens with zero attached hydrogens (tertiary/aromatic N) is 2. The van der Waals surface area contributed by atoms with Crippen LogP contribution in [0, 0.1) is 0 Å². The molecule has 0 saturated heterocycles. The van der Waals surface area contributed by atoms with Crippen LogP contribution in [0.5, 0.6) is 0 Å². The largest absolute Gasteiger partial charge is 0.389 e. The molecule has 102 valence electrons. The van der Waals surface area contributed by atoms with E-state index in [1.807, 2.05) is 6.92 Å². The average Bonchev–Trinajstić information content (AvgIpc) is 2.33. The quantitative estimate of drug-likeness (QED) is 0.732. The average molecular weight is 255 g/mol. The lowest BCUT2D eigenvalue weighted by molar-refractivity contribution is 0.0554. The van der Waals surface area contributed by atoms with Crippen molar-refractivity contribution in [3.8, 4) is 0 Å². The Hall–Kier alpha value is -1.40. The van der Waals surface area contributed by atoms with Crippen LogP contribution in [-0.2, 0) is 20.6 Å². The molecule has 0 spiro atoms. The predicted octanol–water partition coefficient (Wildman–Crippen LogP) is -0.665. The number of rotatable bonds is 5. The highest BCUT2D eigenvalue weighted by molar-refractivity contribution is 5.02. The molecule has 1 unspecified atom stereocenters. The van der Waals surface area contributed by atoms with E-state index in [1.165, 1.54) is 17.7 Å². The Bertz CT molecular complexity index is 528. The van der Waals surface area contributed by atoms with Crippen LogP contribution in [0.4, 0.5) is 0 Å². The Morgan fingerprint density at radius 1 is 1.33 bits per heavy atom. The summed E-state index contributed by atoms with van der Waals surface area (Å²) in [5, 5.41) is 12.9. The molecule has 0 radical (unpaired) electrons. The molecular formula is C12H21N3O3. The maximum absolute atomic E-state index is 11.7. The topological polar surface area (TPSA) is 76.3 Å². The second kappa shape index (κ2) is 5.49. The van der Waals surface area contributed by atoms with Crippen molar-refractivity contribution in [2.75, 3.05) is 6.54 Å². The molecule has 0 bridgehead atoms. The van der Waals surface area contributed by atoms with Crippen molar-refractivity contribution in [2.45, 2.75) is 32.4 Å². The molecule has 1 aromatic rings. The minimum atomic E-state index is -0.779. The normalized spacial score (nSPS) is 14.5. The van der Waals surface area contributed by atoms with Gasteiger partial charge in [0.25, 0.3) is 5.56 Å². The second-order valence-corrected chi connectivity index (χ2v) is 4.83. The summed E-state index contributed by atoms with van der Waals surface area (Å²) in [4.78, 5) is 23.2. The molecule has 1 rings (SSSR count). The summed E-state index contributed by atoms with van der Waals surface area (Å²) in [5.41, 5.74) is -0.841. The van der Waals surface area contributed by atoms with E-state index in [1.54, 1.807) is 14.0 Å². The minimum Gasteiger partial charge on any atom is -0.389 e. The van der Waals surface area contributed by atoms with Crippen LogP contribution in [0.3, 0.4) is 0 Å². The van der Waals surface area contributed by atoms with E-state index in [2.05, 4.69) is 5.32 Å². The van der Waals surface area contributed by atoms with Crippen molar-refractivity contribution < 1.29 is 5.11 Å². The summed E-state index contributed by atoms with van der Waals surface area (Å²) >= 11 is 0. The lowest BCUT2D eigenvalue weighted by Crippen LogP contribution is -2.41. The van der Waals surface area contributed by atoms with Gasteiger partial charge >= 0.3 is 5.69 Å². The first-order chi connectivity index (χ1) is 8.28. The molecule has 2 N–H and O–H groups in total. The fourth-order valence-corrected chi connectivity index (χ4v) is 1.53. The van der Waals surface area contributed by atoms with Gasteiger partial charge in [-0.1, -0.05) is 6.92 Å². The lowest BCUT2D eigenvalue weighted by atomic mass is 10.0. The van der Waals surface area contributed by atoms with Gasteiger partial charge < -0.3 is 10.4 Å². The molecular weight excluding hydrogens is 234 g/mol. The first kappa shape index (κ1) is 14.7. The first-order valence-electron chi connectivity index (χ1n) is 5.97. The van der Waals surface area contributed by atoms with Crippen molar-refractivity contribution >= 4 is 0 Å². The fourth-order valence-electron chi connectivity index (χ4n) is 1.53. The van der Waals surface area contributed by atoms with Crippen LogP contribution in [0.1, 0.15) is 26.0 Å². The first-order valence-corrected chi connectivity index (χ1v) is 5.97. The monoisotopic (exact) mass is 255 g/mol. The van der Waals surface area contributed by atoms with Gasteiger partial charge in [-0.3, -0.25) is 13.9 Å². The zero-order chi connectivity index (χ0) is 13.9. The number of hydrogen-bond acceptors (Lipinski definition) is 4. The summed E-state index contributed by atoms with van der Waals surface area (Å²) in [7, 11) is 3.07. The summed E-state index contributed by atoms with van der Waals surface area (Å²) in [6.07, 6.45) is 0.634. The van der Waals surface area contributed by atoms with Crippen LogP contribution in [0.2, 0.25) is 0 Å². The summed E-state index contributed by atoms with van der Waals surface area (Å²) < 4.78 is 2.49. The molecule has 1 atom stereocenters. The van der Waals surface area contributed by atoms with Gasteiger partial charge in [0.1, 0.15) is 0 Å². The fraction of sp³-hybridized carbons (Fsp3) is 0.667. The Balaban J connectivity index is 2.82. The van der Waals surface area contributed by atoms with Gasteiger partial charge in [-0.2, -0.15) is 0 Å². The van der Waals surface area contributed by atoms with E-state index in [0.29, 0.717) is 25.2 Å². The molecule has 0 fully saturated rings. The van der Waals surface area contributed by atoms with Gasteiger partial charge in [0.05, 0.1) is 5.60 Å². The Labute approximate surface area is 106 Å². The van der Waals surface area contributed by atoms with Gasteiger partial charge in [-0.05, 0) is 13.3 Å². The van der Waals surface area contributed by atoms with Gasteiger partial charge in [0.15, 0.2) is 0 Å². The number of nitrogens with one attached hydrogen (secondary N) is 1. The third kappa shape index (κ3) is 3.30. The molecule has 0 amide bonds. The SMILES string of the molecule is CCC(C)(O)CNCc1cc(=O)n(C)c(=O)n1C. The Kier molecular flexibility index (Phi) is 4.48. The number of hydrogen-bond donors (Lipinski definition) is 2. The maximum atomic E-state index is 11.7. The lowest BCUT2D eigenvalue weighted by Gasteiger charge is -2.22. The summed E-state index contributed by atoms with van der Waals surface area (Å²) in [5.74, 6) is 0. The third-order valence-corrected chi connectivity index (χ3v) is 3.20. The van der Waals surface area contributed by atoms with Crippen LogP contribution >= 0.6 is 0 Å². The highest BCUT2D eigenvalue weighted by Crippen LogP contribution is 2.06. The van der Waals surface area contributed by atoms with Crippen molar-refractivity contribution in [1.82, 2.24) is 14.5 Å². The highest BCUT2D eigenvalue weighted by atomic mass is 16.3. The molecule has 0 aliphatic carbocycles. The molecule has 1 heterocycles. The van der Waals surface area contributed by atoms with Gasteiger partial charge in [-0.25, -0.2) is 4.79 Å². The minimum absolute atomic E-state index is 0.322. The number of aromatic nitrogens is 2. The smallest absolute Gasteiger partial charge is 0.330 e. The van der Waals surface area contributed by atoms with E-state index < -0.39 is 5.60 Å². The van der Waals surface area contributed by atoms with E-state index in [-0.39, 0.29) is 11.2 Å². The van der Waals surface area contributed by atoms with E-state index in [0.717, 1.165) is 4.57 Å². The molecule has 6 heteroatoms. The number of aliphatic hydroxyl groups is 1. The zero-order valence-electron chi connectivity index (χ0n) is 11.4. The zero-order valence-corrected chi connectivity index (χ0v) is 11.4. The van der Waals surface area contributed by atoms with Crippen molar-refractivity contribution in [3.05, 3.63) is 32.6 Å². The molecule has 1 aromatic heterocycles. The predicted molar refractivity (Wildman–Crippen MR) is 69.5 cm³/mol. The van der Waals surface area contributed by atoms with E-state index in [9.17, 15) is 14.7 Å². The van der Waals surface area contributed by atoms with Crippen molar-refractivity contribution in [2.24, 2.45) is 14.1 Å². The molecule has 0 aliphatic heterocycles. The van der Waals surface area contributed by atoms with Crippen molar-refractivity contribution in [1.29, 1.82) is 0 Å².